The maximum absolute atomic E-state index is 6.32. The average molecular weight is 482 g/mol. The molecule has 0 aromatic heterocycles. The molecule has 2 radical (unpaired) electrons. The first-order chi connectivity index (χ1) is 12.7. The Morgan fingerprint density at radius 1 is 0.407 bits per heavy atom. The third-order valence-electron chi connectivity index (χ3n) is 5.76. The van der Waals surface area contributed by atoms with Crippen LogP contribution in [0.2, 0.25) is 0 Å². The van der Waals surface area contributed by atoms with E-state index in [1.165, 1.54) is 134 Å². The first kappa shape index (κ1) is 30.4. The Morgan fingerprint density at radius 3 is 0.889 bits per heavy atom. The fourth-order valence-corrected chi connectivity index (χ4v) is 8.11. The molecule has 0 rings (SSSR count). The van der Waals surface area contributed by atoms with Crippen molar-refractivity contribution in [3.05, 3.63) is 0 Å². The maximum Gasteiger partial charge on any atom is 0 e. The quantitative estimate of drug-likeness (QED) is 0.0894. The van der Waals surface area contributed by atoms with E-state index in [1.54, 1.807) is 0 Å². The van der Waals surface area contributed by atoms with Gasteiger partial charge in [0.2, 0.25) is 0 Å². The van der Waals surface area contributed by atoms with Crippen LogP contribution in [0.15, 0.2) is 0 Å². The Bertz CT molecular complexity index is 272. The fraction of sp³-hybridized carbons (Fsp3) is 1.00. The van der Waals surface area contributed by atoms with Crippen LogP contribution in [-0.2, 0) is 11.8 Å². The summed E-state index contributed by atoms with van der Waals surface area (Å²) in [4.78, 5) is 0. The van der Waals surface area contributed by atoms with E-state index in [0.29, 0.717) is 0 Å². The van der Waals surface area contributed by atoms with Gasteiger partial charge in [-0.25, -0.2) is 0 Å². The summed E-state index contributed by atoms with van der Waals surface area (Å²) in [6, 6.07) is -1.05. The average Bonchev–Trinajstić information content (AvgIpc) is 2.64. The van der Waals surface area contributed by atoms with Crippen LogP contribution in [0, 0.1) is 0 Å². The third-order valence-corrected chi connectivity index (χ3v) is 10.8. The number of hydrogen-bond donors (Lipinski definition) is 0. The van der Waals surface area contributed by atoms with E-state index in [-0.39, 0.29) is 17.1 Å². The molecule has 0 unspecified atom stereocenters. The molecule has 0 saturated carbocycles. The number of hydrogen-bond acceptors (Lipinski definition) is 1. The summed E-state index contributed by atoms with van der Waals surface area (Å²) < 4.78 is 0. The molecule has 0 fully saturated rings. The van der Waals surface area contributed by atoms with Crippen LogP contribution < -0.4 is 0 Å². The maximum atomic E-state index is 6.32. The summed E-state index contributed by atoms with van der Waals surface area (Å²) in [6.07, 6.45) is 29.8. The minimum Gasteiger partial charge on any atom is -0.0975 e. The van der Waals surface area contributed by atoms with Gasteiger partial charge in [0.15, 0.2) is 0 Å². The molecule has 0 heterocycles. The number of unbranched alkanes of at least 4 members (excludes halogenated alkanes) is 15. The van der Waals surface area contributed by atoms with E-state index in [0.717, 1.165) is 0 Å². The predicted octanol–water partition coefficient (Wildman–Crippen LogP) is 9.17. The zero-order valence-corrected chi connectivity index (χ0v) is 22.5. The van der Waals surface area contributed by atoms with Crippen LogP contribution >= 0.6 is 6.04 Å². The Morgan fingerprint density at radius 2 is 0.630 bits per heavy atom. The van der Waals surface area contributed by atoms with Crippen molar-refractivity contribution in [3.63, 3.8) is 0 Å². The van der Waals surface area contributed by atoms with Crippen molar-refractivity contribution in [2.45, 2.75) is 136 Å². The van der Waals surface area contributed by atoms with Gasteiger partial charge in [-0.15, -0.1) is 0 Å². The topological polar surface area (TPSA) is 0 Å². The molecule has 164 valence electrons. The first-order valence-corrected chi connectivity index (χ1v) is 15.6. The molecule has 0 bridgehead atoms. The predicted molar refractivity (Wildman–Crippen MR) is 135 cm³/mol. The third kappa shape index (κ3) is 21.7. The van der Waals surface area contributed by atoms with Gasteiger partial charge in [-0.05, 0) is 43.8 Å². The second kappa shape index (κ2) is 23.4. The largest absolute Gasteiger partial charge is 0.0975 e. The summed E-state index contributed by atoms with van der Waals surface area (Å²) >= 11 is 6.32. The summed E-state index contributed by atoms with van der Waals surface area (Å²) in [5, 5.41) is 0. The van der Waals surface area contributed by atoms with Gasteiger partial charge in [-0.2, -0.15) is 0 Å². The Balaban J connectivity index is 0. The van der Waals surface area contributed by atoms with Gasteiger partial charge < -0.3 is 0 Å². The summed E-state index contributed by atoms with van der Waals surface area (Å²) in [6.45, 7) is 6.92. The molecule has 0 nitrogen and oxygen atoms in total. The van der Waals surface area contributed by atoms with Gasteiger partial charge in [-0.3, -0.25) is 0 Å². The molecule has 0 atom stereocenters. The Hall–Kier alpha value is 1.17. The molecule has 0 spiro atoms. The van der Waals surface area contributed by atoms with Crippen LogP contribution in [0.25, 0.3) is 0 Å². The second-order valence-corrected chi connectivity index (χ2v) is 14.3. The molecule has 0 aliphatic rings. The molecule has 27 heavy (non-hydrogen) atoms. The van der Waals surface area contributed by atoms with Crippen molar-refractivity contribution in [3.8, 4) is 0 Å². The first-order valence-electron chi connectivity index (χ1n) is 12.3. The monoisotopic (exact) mass is 482 g/mol. The molecule has 0 amide bonds. The SMILES string of the molecule is CCCCCCCCP(=S)(CCCCCCCC)CCCCCCCC.[Se]. The molecule has 0 aliphatic carbocycles. The zero-order chi connectivity index (χ0) is 19.3. The number of rotatable bonds is 21. The van der Waals surface area contributed by atoms with Crippen molar-refractivity contribution in [1.82, 2.24) is 0 Å². The summed E-state index contributed by atoms with van der Waals surface area (Å²) in [7, 11) is 0. The fourth-order valence-electron chi connectivity index (χ4n) is 3.88. The minimum atomic E-state index is -1.05. The molecular weight excluding hydrogens is 430 g/mol. The van der Waals surface area contributed by atoms with Gasteiger partial charge in [0.05, 0.1) is 0 Å². The molecule has 3 heteroatoms. The van der Waals surface area contributed by atoms with Gasteiger partial charge in [0.25, 0.3) is 0 Å². The van der Waals surface area contributed by atoms with Gasteiger partial charge in [0, 0.05) is 17.1 Å². The van der Waals surface area contributed by atoms with Crippen molar-refractivity contribution >= 4 is 34.9 Å². The van der Waals surface area contributed by atoms with Crippen LogP contribution in [0.3, 0.4) is 0 Å². The molecular formula is C24H51PSSe. The van der Waals surface area contributed by atoms with Crippen LogP contribution in [0.1, 0.15) is 136 Å². The van der Waals surface area contributed by atoms with E-state index in [4.69, 9.17) is 11.8 Å². The summed E-state index contributed by atoms with van der Waals surface area (Å²) in [5.41, 5.74) is 0. The van der Waals surface area contributed by atoms with Gasteiger partial charge in [0.1, 0.15) is 0 Å². The normalized spacial score (nSPS) is 11.5. The van der Waals surface area contributed by atoms with E-state index in [9.17, 15) is 0 Å². The zero-order valence-electron chi connectivity index (χ0n) is 19.1. The van der Waals surface area contributed by atoms with Crippen molar-refractivity contribution in [1.29, 1.82) is 0 Å². The second-order valence-electron chi connectivity index (χ2n) is 8.53. The molecule has 0 N–H and O–H groups in total. The van der Waals surface area contributed by atoms with Crippen molar-refractivity contribution in [2.75, 3.05) is 18.5 Å². The van der Waals surface area contributed by atoms with E-state index in [1.807, 2.05) is 0 Å². The molecule has 0 aromatic carbocycles. The van der Waals surface area contributed by atoms with Gasteiger partial charge in [-0.1, -0.05) is 129 Å². The minimum absolute atomic E-state index is 0. The standard InChI is InChI=1S/C24H51PS.Se/c1-4-7-10-13-16-19-22-25(26,23-20-17-14-11-8-5-2)24-21-18-15-12-9-6-3;/h4-24H2,1-3H3;. The molecule has 0 aromatic rings. The molecule has 0 saturated heterocycles. The van der Waals surface area contributed by atoms with Crippen LogP contribution in [0.5, 0.6) is 0 Å². The van der Waals surface area contributed by atoms with Crippen LogP contribution in [-0.4, -0.2) is 35.6 Å². The van der Waals surface area contributed by atoms with Crippen molar-refractivity contribution in [2.24, 2.45) is 0 Å². The van der Waals surface area contributed by atoms with E-state index < -0.39 is 6.04 Å². The summed E-state index contributed by atoms with van der Waals surface area (Å²) in [5.74, 6) is 0. The van der Waals surface area contributed by atoms with Gasteiger partial charge >= 0.3 is 0 Å². The molecule has 0 aliphatic heterocycles. The Labute approximate surface area is 189 Å². The van der Waals surface area contributed by atoms with Crippen molar-refractivity contribution < 1.29 is 0 Å². The van der Waals surface area contributed by atoms with Crippen LogP contribution in [0.4, 0.5) is 0 Å². The van der Waals surface area contributed by atoms with E-state index >= 15 is 0 Å². The Kier molecular flexibility index (Phi) is 26.4. The smallest absolute Gasteiger partial charge is 0 e. The van der Waals surface area contributed by atoms with E-state index in [2.05, 4.69) is 20.8 Å².